The van der Waals surface area contributed by atoms with Crippen LogP contribution in [-0.4, -0.2) is 17.6 Å². The third-order valence-corrected chi connectivity index (χ3v) is 4.45. The van der Waals surface area contributed by atoms with Crippen molar-refractivity contribution in [3.8, 4) is 11.8 Å². The number of nitrogens with zero attached hydrogens (tertiary/aromatic N) is 2. The molecule has 2 aromatic carbocycles. The first-order chi connectivity index (χ1) is 12.5. The number of aromatic nitrogens is 1. The maximum atomic E-state index is 12.5. The van der Waals surface area contributed by atoms with E-state index in [1.807, 2.05) is 44.3 Å². The Labute approximate surface area is 152 Å². The van der Waals surface area contributed by atoms with Crippen LogP contribution in [0, 0.1) is 18.3 Å². The summed E-state index contributed by atoms with van der Waals surface area (Å²) in [5, 5.41) is 13.2. The van der Waals surface area contributed by atoms with Crippen LogP contribution in [0.15, 0.2) is 54.1 Å². The Morgan fingerprint density at radius 1 is 1.19 bits per heavy atom. The normalized spacial score (nSPS) is 11.2. The Morgan fingerprint density at radius 3 is 2.54 bits per heavy atom. The number of carbonyl (C=O) groups excluding carboxylic acids is 1. The van der Waals surface area contributed by atoms with Crippen LogP contribution < -0.4 is 10.1 Å². The zero-order valence-corrected chi connectivity index (χ0v) is 14.9. The van der Waals surface area contributed by atoms with Gasteiger partial charge in [-0.15, -0.1) is 0 Å². The van der Waals surface area contributed by atoms with Gasteiger partial charge in [0, 0.05) is 34.9 Å². The van der Waals surface area contributed by atoms with Gasteiger partial charge >= 0.3 is 0 Å². The Kier molecular flexibility index (Phi) is 4.76. The number of para-hydroxylation sites is 1. The molecule has 0 saturated carbocycles. The van der Waals surface area contributed by atoms with Crippen molar-refractivity contribution in [2.75, 3.05) is 12.4 Å². The minimum atomic E-state index is -0.440. The molecule has 1 heterocycles. The van der Waals surface area contributed by atoms with Crippen LogP contribution >= 0.6 is 0 Å². The van der Waals surface area contributed by atoms with E-state index < -0.39 is 5.91 Å². The minimum Gasteiger partial charge on any atom is -0.497 e. The molecule has 0 spiro atoms. The quantitative estimate of drug-likeness (QED) is 0.573. The fourth-order valence-electron chi connectivity index (χ4n) is 2.90. The van der Waals surface area contributed by atoms with Crippen molar-refractivity contribution in [2.24, 2.45) is 7.05 Å². The van der Waals surface area contributed by atoms with Crippen LogP contribution in [0.2, 0.25) is 0 Å². The van der Waals surface area contributed by atoms with Crippen LogP contribution in [0.1, 0.15) is 11.3 Å². The second-order valence-electron chi connectivity index (χ2n) is 5.93. The molecule has 0 bridgehead atoms. The van der Waals surface area contributed by atoms with E-state index in [0.717, 1.165) is 22.2 Å². The van der Waals surface area contributed by atoms with Crippen molar-refractivity contribution < 1.29 is 9.53 Å². The highest BCUT2D eigenvalue weighted by Gasteiger charge is 2.14. The van der Waals surface area contributed by atoms with Crippen LogP contribution in [0.4, 0.5) is 5.69 Å². The summed E-state index contributed by atoms with van der Waals surface area (Å²) in [6.07, 6.45) is 1.65. The van der Waals surface area contributed by atoms with E-state index in [1.165, 1.54) is 0 Å². The van der Waals surface area contributed by atoms with Gasteiger partial charge in [-0.2, -0.15) is 5.26 Å². The number of benzene rings is 2. The van der Waals surface area contributed by atoms with E-state index >= 15 is 0 Å². The average Bonchev–Trinajstić information content (AvgIpc) is 2.91. The van der Waals surface area contributed by atoms with Crippen molar-refractivity contribution in [1.29, 1.82) is 5.26 Å². The van der Waals surface area contributed by atoms with Gasteiger partial charge in [-0.1, -0.05) is 18.2 Å². The van der Waals surface area contributed by atoms with Crippen molar-refractivity contribution >= 4 is 28.6 Å². The van der Waals surface area contributed by atoms with Gasteiger partial charge in [0.25, 0.3) is 5.91 Å². The van der Waals surface area contributed by atoms with Crippen LogP contribution in [-0.2, 0) is 11.8 Å². The van der Waals surface area contributed by atoms with Gasteiger partial charge in [-0.25, -0.2) is 0 Å². The number of ether oxygens (including phenoxy) is 1. The number of nitriles is 1. The Hall–Kier alpha value is -3.52. The van der Waals surface area contributed by atoms with E-state index in [-0.39, 0.29) is 5.57 Å². The van der Waals surface area contributed by atoms with Crippen LogP contribution in [0.3, 0.4) is 0 Å². The number of fused-ring (bicyclic) bond motifs is 1. The van der Waals surface area contributed by atoms with Crippen LogP contribution in [0.5, 0.6) is 5.75 Å². The topological polar surface area (TPSA) is 67.0 Å². The van der Waals surface area contributed by atoms with Crippen molar-refractivity contribution in [3.05, 3.63) is 65.4 Å². The van der Waals surface area contributed by atoms with Gasteiger partial charge in [0.1, 0.15) is 17.4 Å². The van der Waals surface area contributed by atoms with E-state index in [1.54, 1.807) is 37.5 Å². The van der Waals surface area contributed by atoms with Gasteiger partial charge < -0.3 is 14.6 Å². The SMILES string of the molecule is COc1ccc(NC(=O)C(C#N)=Cc2c(C)n(C)c3ccccc23)cc1. The second kappa shape index (κ2) is 7.16. The number of hydrogen-bond acceptors (Lipinski definition) is 3. The zero-order chi connectivity index (χ0) is 18.7. The summed E-state index contributed by atoms with van der Waals surface area (Å²) in [5.41, 5.74) is 3.59. The summed E-state index contributed by atoms with van der Waals surface area (Å²) in [4.78, 5) is 12.5. The third kappa shape index (κ3) is 3.17. The first-order valence-corrected chi connectivity index (χ1v) is 8.16. The highest BCUT2D eigenvalue weighted by atomic mass is 16.5. The third-order valence-electron chi connectivity index (χ3n) is 4.45. The molecule has 0 fully saturated rings. The number of rotatable bonds is 4. The Balaban J connectivity index is 1.94. The predicted octanol–water partition coefficient (Wildman–Crippen LogP) is 4.04. The number of nitrogens with one attached hydrogen (secondary N) is 1. The maximum Gasteiger partial charge on any atom is 0.266 e. The summed E-state index contributed by atoms with van der Waals surface area (Å²) in [5.74, 6) is 0.260. The molecule has 5 nitrogen and oxygen atoms in total. The van der Waals surface area contributed by atoms with E-state index in [4.69, 9.17) is 4.74 Å². The Bertz CT molecular complexity index is 1040. The summed E-state index contributed by atoms with van der Waals surface area (Å²) in [6.45, 7) is 1.97. The second-order valence-corrected chi connectivity index (χ2v) is 5.93. The molecule has 0 aliphatic rings. The molecule has 5 heteroatoms. The summed E-state index contributed by atoms with van der Waals surface area (Å²) >= 11 is 0. The van der Waals surface area contributed by atoms with Crippen molar-refractivity contribution in [1.82, 2.24) is 4.57 Å². The molecule has 1 N–H and O–H groups in total. The number of amides is 1. The molecule has 3 aromatic rings. The Morgan fingerprint density at radius 2 is 1.88 bits per heavy atom. The highest BCUT2D eigenvalue weighted by molar-refractivity contribution is 6.11. The van der Waals surface area contributed by atoms with E-state index in [0.29, 0.717) is 11.4 Å². The number of anilines is 1. The molecule has 1 aromatic heterocycles. The number of aryl methyl sites for hydroxylation is 1. The fourth-order valence-corrected chi connectivity index (χ4v) is 2.90. The molecular formula is C21H19N3O2. The smallest absolute Gasteiger partial charge is 0.266 e. The molecule has 0 aliphatic carbocycles. The van der Waals surface area contributed by atoms with Crippen LogP contribution in [0.25, 0.3) is 17.0 Å². The van der Waals surface area contributed by atoms with E-state index in [9.17, 15) is 10.1 Å². The first kappa shape index (κ1) is 17.3. The van der Waals surface area contributed by atoms with Gasteiger partial charge in [0.15, 0.2) is 0 Å². The summed E-state index contributed by atoms with van der Waals surface area (Å²) in [6, 6.07) is 16.9. The van der Waals surface area contributed by atoms with Gasteiger partial charge in [-0.05, 0) is 43.3 Å². The van der Waals surface area contributed by atoms with Gasteiger partial charge in [-0.3, -0.25) is 4.79 Å². The molecule has 26 heavy (non-hydrogen) atoms. The number of carbonyl (C=O) groups is 1. The lowest BCUT2D eigenvalue weighted by atomic mass is 10.1. The zero-order valence-electron chi connectivity index (χ0n) is 14.9. The molecular weight excluding hydrogens is 326 g/mol. The molecule has 0 radical (unpaired) electrons. The minimum absolute atomic E-state index is 0.0558. The fraction of sp³-hybridized carbons (Fsp3) is 0.143. The summed E-state index contributed by atoms with van der Waals surface area (Å²) < 4.78 is 7.15. The first-order valence-electron chi connectivity index (χ1n) is 8.16. The lowest BCUT2D eigenvalue weighted by Crippen LogP contribution is -2.13. The lowest BCUT2D eigenvalue weighted by Gasteiger charge is -2.06. The standard InChI is InChI=1S/C21H19N3O2/c1-14-19(18-6-4-5-7-20(18)24(14)2)12-15(13-22)21(25)23-16-8-10-17(26-3)11-9-16/h4-12H,1-3H3,(H,23,25). The average molecular weight is 345 g/mol. The predicted molar refractivity (Wildman–Crippen MR) is 103 cm³/mol. The maximum absolute atomic E-state index is 12.5. The molecule has 0 atom stereocenters. The van der Waals surface area contributed by atoms with Crippen molar-refractivity contribution in [3.63, 3.8) is 0 Å². The monoisotopic (exact) mass is 345 g/mol. The van der Waals surface area contributed by atoms with Crippen molar-refractivity contribution in [2.45, 2.75) is 6.92 Å². The lowest BCUT2D eigenvalue weighted by molar-refractivity contribution is -0.112. The molecule has 130 valence electrons. The van der Waals surface area contributed by atoms with Gasteiger partial charge in [0.2, 0.25) is 0 Å². The number of methoxy groups -OCH3 is 1. The molecule has 0 aliphatic heterocycles. The largest absolute Gasteiger partial charge is 0.497 e. The highest BCUT2D eigenvalue weighted by Crippen LogP contribution is 2.27. The molecule has 0 unspecified atom stereocenters. The molecule has 0 saturated heterocycles. The number of hydrogen-bond donors (Lipinski definition) is 1. The van der Waals surface area contributed by atoms with E-state index in [2.05, 4.69) is 9.88 Å². The molecule has 1 amide bonds. The van der Waals surface area contributed by atoms with Gasteiger partial charge in [0.05, 0.1) is 7.11 Å². The molecule has 3 rings (SSSR count). The summed E-state index contributed by atoms with van der Waals surface area (Å²) in [7, 11) is 3.55.